The maximum atomic E-state index is 13.4. The topological polar surface area (TPSA) is 118 Å². The first kappa shape index (κ1) is 25.1. The summed E-state index contributed by atoms with van der Waals surface area (Å²) in [6, 6.07) is 4.83. The molecule has 1 aromatic carbocycles. The first-order valence-corrected chi connectivity index (χ1v) is 15.1. The second kappa shape index (κ2) is 9.09. The average Bonchev–Trinajstić information content (AvgIpc) is 3.78. The van der Waals surface area contributed by atoms with E-state index in [1.807, 2.05) is 12.0 Å². The molecule has 7 rings (SSSR count). The molecule has 206 valence electrons. The van der Waals surface area contributed by atoms with Gasteiger partial charge >= 0.3 is 0 Å². The molecule has 39 heavy (non-hydrogen) atoms. The molecule has 4 aromatic rings. The van der Waals surface area contributed by atoms with Crippen LogP contribution in [0.15, 0.2) is 29.4 Å². The predicted molar refractivity (Wildman–Crippen MR) is 141 cm³/mol. The third-order valence-corrected chi connectivity index (χ3v) is 9.91. The molecule has 2 aliphatic carbocycles. The number of piperazine rings is 1. The van der Waals surface area contributed by atoms with Gasteiger partial charge in [0.15, 0.2) is 10.7 Å². The average molecular weight is 577 g/mol. The van der Waals surface area contributed by atoms with Gasteiger partial charge in [0.2, 0.25) is 15.2 Å². The van der Waals surface area contributed by atoms with E-state index in [1.54, 1.807) is 22.8 Å². The largest absolute Gasteiger partial charge is 0.353 e. The molecule has 3 aliphatic rings. The van der Waals surface area contributed by atoms with Crippen molar-refractivity contribution in [3.63, 3.8) is 0 Å². The lowest BCUT2D eigenvalue weighted by atomic mass is 10.2. The van der Waals surface area contributed by atoms with Crippen LogP contribution in [0, 0.1) is 0 Å². The quantitative estimate of drug-likeness (QED) is 0.337. The number of halogens is 2. The number of hydrogen-bond donors (Lipinski definition) is 1. The van der Waals surface area contributed by atoms with Gasteiger partial charge in [-0.05, 0) is 44.7 Å². The fourth-order valence-electron chi connectivity index (χ4n) is 4.87. The summed E-state index contributed by atoms with van der Waals surface area (Å²) in [5, 5.41) is 10.8. The molecule has 11 nitrogen and oxygen atoms in total. The summed E-state index contributed by atoms with van der Waals surface area (Å²) < 4.78 is 57.6. The highest BCUT2D eigenvalue weighted by Crippen LogP contribution is 2.40. The first-order chi connectivity index (χ1) is 18.7. The molecule has 0 spiro atoms. The van der Waals surface area contributed by atoms with Gasteiger partial charge < -0.3 is 4.90 Å². The van der Waals surface area contributed by atoms with Crippen molar-refractivity contribution in [3.8, 4) is 5.13 Å². The summed E-state index contributed by atoms with van der Waals surface area (Å²) >= 11 is 0.743. The number of nitrogens with zero attached hydrogens (tertiary/aromatic N) is 7. The van der Waals surface area contributed by atoms with Crippen molar-refractivity contribution in [2.45, 2.75) is 55.6 Å². The lowest BCUT2D eigenvalue weighted by Gasteiger charge is -2.34. The van der Waals surface area contributed by atoms with Crippen molar-refractivity contribution in [2.75, 3.05) is 31.1 Å². The van der Waals surface area contributed by atoms with Crippen LogP contribution in [0.4, 0.5) is 14.6 Å². The maximum Gasteiger partial charge on any atom is 0.291 e. The van der Waals surface area contributed by atoms with E-state index in [0.29, 0.717) is 60.0 Å². The number of fused-ring (bicyclic) bond motifs is 3. The van der Waals surface area contributed by atoms with Crippen LogP contribution >= 0.6 is 11.3 Å². The normalized spacial score (nSPS) is 19.9. The second-order valence-corrected chi connectivity index (χ2v) is 13.2. The number of benzene rings is 1. The Morgan fingerprint density at radius 1 is 1.13 bits per heavy atom. The van der Waals surface area contributed by atoms with Gasteiger partial charge in [0.05, 0.1) is 21.9 Å². The first-order valence-electron chi connectivity index (χ1n) is 12.8. The molecule has 1 N–H and O–H groups in total. The number of sulfonamides is 1. The van der Waals surface area contributed by atoms with E-state index in [4.69, 9.17) is 4.84 Å². The van der Waals surface area contributed by atoms with Crippen LogP contribution in [0.5, 0.6) is 0 Å². The van der Waals surface area contributed by atoms with E-state index >= 15 is 0 Å². The highest BCUT2D eigenvalue weighted by Gasteiger charge is 2.41. The Morgan fingerprint density at radius 3 is 2.56 bits per heavy atom. The zero-order valence-electron chi connectivity index (χ0n) is 21.0. The molecule has 0 unspecified atom stereocenters. The lowest BCUT2D eigenvalue weighted by Crippen LogP contribution is -2.46. The molecule has 15 heteroatoms. The zero-order valence-corrected chi connectivity index (χ0v) is 22.7. The smallest absolute Gasteiger partial charge is 0.291 e. The molecular formula is C24H26F2N8O3S2. The summed E-state index contributed by atoms with van der Waals surface area (Å²) in [5.41, 5.74) is 0.471. The molecule has 3 aromatic heterocycles. The minimum atomic E-state index is -3.82. The van der Waals surface area contributed by atoms with Gasteiger partial charge in [-0.3, -0.25) is 9.40 Å². The van der Waals surface area contributed by atoms with Crippen LogP contribution in [0.25, 0.3) is 27.1 Å². The number of alkyl halides is 2. The Morgan fingerprint density at radius 2 is 1.90 bits per heavy atom. The molecule has 1 aliphatic heterocycles. The third-order valence-electron chi connectivity index (χ3n) is 7.36. The van der Waals surface area contributed by atoms with Gasteiger partial charge in [-0.25, -0.2) is 31.9 Å². The number of aromatic nitrogens is 5. The Hall–Kier alpha value is -2.85. The Kier molecular flexibility index (Phi) is 5.86. The molecule has 0 bridgehead atoms. The summed E-state index contributed by atoms with van der Waals surface area (Å²) in [6.07, 6.45) is 2.72. The zero-order chi connectivity index (χ0) is 26.9. The standard InChI is InChI=1S/C24H26F2N8O3S2/c1-24(6-7-24)31-39(35,36)15-4-5-16-17(12-15)34(23-30-29-22(38-23)19(25)26)21-18(16)20(27-13-28-21)32-8-10-33(11-9-32)37-14-2-3-14/h4-5,12-14,19,31H,2-3,6-11H2,1H3. The molecule has 0 amide bonds. The van der Waals surface area contributed by atoms with Crippen LogP contribution < -0.4 is 9.62 Å². The summed E-state index contributed by atoms with van der Waals surface area (Å²) in [7, 11) is -3.82. The highest BCUT2D eigenvalue weighted by molar-refractivity contribution is 7.89. The van der Waals surface area contributed by atoms with Gasteiger partial charge in [-0.15, -0.1) is 10.2 Å². The van der Waals surface area contributed by atoms with Crippen molar-refractivity contribution >= 4 is 49.1 Å². The highest BCUT2D eigenvalue weighted by atomic mass is 32.2. The Labute approximate surface area is 226 Å². The molecule has 0 atom stereocenters. The van der Waals surface area contributed by atoms with Crippen LogP contribution in [0.2, 0.25) is 0 Å². The molecule has 3 fully saturated rings. The van der Waals surface area contributed by atoms with Crippen LogP contribution in [-0.4, -0.2) is 76.0 Å². The maximum absolute atomic E-state index is 13.4. The second-order valence-electron chi connectivity index (χ2n) is 10.5. The van der Waals surface area contributed by atoms with Crippen molar-refractivity contribution in [1.29, 1.82) is 0 Å². The van der Waals surface area contributed by atoms with Crippen molar-refractivity contribution in [3.05, 3.63) is 29.5 Å². The van der Waals surface area contributed by atoms with Gasteiger partial charge in [0, 0.05) is 37.1 Å². The number of rotatable bonds is 8. The van der Waals surface area contributed by atoms with Gasteiger partial charge in [0.1, 0.15) is 12.1 Å². The van der Waals surface area contributed by atoms with E-state index < -0.39 is 27.0 Å². The van der Waals surface area contributed by atoms with E-state index in [1.165, 1.54) is 6.33 Å². The fourth-order valence-corrected chi connectivity index (χ4v) is 7.07. The lowest BCUT2D eigenvalue weighted by molar-refractivity contribution is -0.171. The predicted octanol–water partition coefficient (Wildman–Crippen LogP) is 3.41. The molecular weight excluding hydrogens is 550 g/mol. The minimum absolute atomic E-state index is 0.0751. The monoisotopic (exact) mass is 576 g/mol. The van der Waals surface area contributed by atoms with Gasteiger partial charge in [-0.1, -0.05) is 17.4 Å². The number of hydroxylamine groups is 2. The van der Waals surface area contributed by atoms with Gasteiger partial charge in [0.25, 0.3) is 6.43 Å². The number of anilines is 1. The fraction of sp³-hybridized carbons (Fsp3) is 0.500. The van der Waals surface area contributed by atoms with E-state index in [2.05, 4.69) is 29.8 Å². The van der Waals surface area contributed by atoms with Crippen LogP contribution in [-0.2, 0) is 14.9 Å². The van der Waals surface area contributed by atoms with Gasteiger partial charge in [-0.2, -0.15) is 5.06 Å². The SMILES string of the molecule is CC1(NS(=O)(=O)c2ccc3c4c(N5CCN(OC6CC6)CC5)ncnc4n(-c4nnc(C(F)F)s4)c3c2)CC1. The van der Waals surface area contributed by atoms with Crippen molar-refractivity contribution < 1.29 is 22.0 Å². The van der Waals surface area contributed by atoms with E-state index in [-0.39, 0.29) is 10.0 Å². The summed E-state index contributed by atoms with van der Waals surface area (Å²) in [4.78, 5) is 17.3. The molecule has 0 radical (unpaired) electrons. The molecule has 2 saturated carbocycles. The minimum Gasteiger partial charge on any atom is -0.353 e. The summed E-state index contributed by atoms with van der Waals surface area (Å²) in [6.45, 7) is 4.64. The molecule has 4 heterocycles. The van der Waals surface area contributed by atoms with Crippen LogP contribution in [0.1, 0.15) is 44.0 Å². The van der Waals surface area contributed by atoms with E-state index in [9.17, 15) is 17.2 Å². The Bertz CT molecular complexity index is 1680. The Balaban J connectivity index is 1.36. The molecule has 1 saturated heterocycles. The van der Waals surface area contributed by atoms with E-state index in [0.717, 1.165) is 37.0 Å². The third kappa shape index (κ3) is 4.65. The number of hydrogen-bond acceptors (Lipinski definition) is 10. The van der Waals surface area contributed by atoms with Crippen molar-refractivity contribution in [2.24, 2.45) is 0 Å². The van der Waals surface area contributed by atoms with Crippen LogP contribution in [0.3, 0.4) is 0 Å². The summed E-state index contributed by atoms with van der Waals surface area (Å²) in [5.74, 6) is 0.688. The number of nitrogens with one attached hydrogen (secondary N) is 1. The van der Waals surface area contributed by atoms with Crippen molar-refractivity contribution in [1.82, 2.24) is 34.5 Å².